The van der Waals surface area contributed by atoms with Crippen molar-refractivity contribution < 1.29 is 5.11 Å². The number of hydrogen-bond acceptors (Lipinski definition) is 1. The molecule has 0 spiro atoms. The highest BCUT2D eigenvalue weighted by atomic mass is 16.3. The molecule has 1 atom stereocenters. The summed E-state index contributed by atoms with van der Waals surface area (Å²) in [6, 6.07) is 18.6. The molecule has 1 N–H and O–H groups in total. The van der Waals surface area contributed by atoms with Gasteiger partial charge in [-0.3, -0.25) is 0 Å². The molecule has 0 amide bonds. The monoisotopic (exact) mass is 276 g/mol. The largest absolute Gasteiger partial charge is 0.384 e. The van der Waals surface area contributed by atoms with Crippen LogP contribution in [0.3, 0.4) is 0 Å². The molecule has 2 aromatic rings. The van der Waals surface area contributed by atoms with E-state index in [2.05, 4.69) is 55.5 Å². The first kappa shape index (κ1) is 13.8. The van der Waals surface area contributed by atoms with Crippen molar-refractivity contribution >= 4 is 12.2 Å². The molecule has 0 saturated heterocycles. The van der Waals surface area contributed by atoms with Crippen LogP contribution < -0.4 is 0 Å². The first-order valence-electron chi connectivity index (χ1n) is 7.43. The molecule has 0 aliphatic heterocycles. The van der Waals surface area contributed by atoms with Gasteiger partial charge in [0.25, 0.3) is 0 Å². The van der Waals surface area contributed by atoms with E-state index in [0.29, 0.717) is 0 Å². The molecule has 1 aliphatic carbocycles. The highest BCUT2D eigenvalue weighted by Gasteiger charge is 2.23. The third-order valence-electron chi connectivity index (χ3n) is 3.99. The van der Waals surface area contributed by atoms with Gasteiger partial charge in [0.15, 0.2) is 0 Å². The van der Waals surface area contributed by atoms with Gasteiger partial charge in [-0.2, -0.15) is 0 Å². The number of aliphatic hydroxyl groups is 1. The van der Waals surface area contributed by atoms with Crippen LogP contribution in [0.2, 0.25) is 0 Å². The molecule has 1 fully saturated rings. The van der Waals surface area contributed by atoms with Crippen LogP contribution in [-0.2, 0) is 0 Å². The van der Waals surface area contributed by atoms with Crippen LogP contribution in [0.15, 0.2) is 65.7 Å². The first-order chi connectivity index (χ1) is 10.2. The Morgan fingerprint density at radius 1 is 0.810 bits per heavy atom. The van der Waals surface area contributed by atoms with Crippen molar-refractivity contribution in [3.63, 3.8) is 0 Å². The zero-order chi connectivity index (χ0) is 14.7. The molecule has 2 aromatic carbocycles. The van der Waals surface area contributed by atoms with Gasteiger partial charge in [0.05, 0.1) is 6.10 Å². The average molecular weight is 276 g/mol. The van der Waals surface area contributed by atoms with Gasteiger partial charge in [0.1, 0.15) is 0 Å². The summed E-state index contributed by atoms with van der Waals surface area (Å²) in [6.45, 7) is 2.09. The smallest absolute Gasteiger partial charge is 0.0967 e. The molecule has 1 nitrogen and oxygen atoms in total. The summed E-state index contributed by atoms with van der Waals surface area (Å²) in [5.74, 6) is 0. The van der Waals surface area contributed by atoms with E-state index >= 15 is 0 Å². The highest BCUT2D eigenvalue weighted by molar-refractivity contribution is 5.62. The van der Waals surface area contributed by atoms with Crippen molar-refractivity contribution in [3.05, 3.63) is 82.4 Å². The minimum absolute atomic E-state index is 0.438. The molecule has 0 bridgehead atoms. The molecule has 1 heteroatoms. The zero-order valence-electron chi connectivity index (χ0n) is 12.3. The summed E-state index contributed by atoms with van der Waals surface area (Å²) in [4.78, 5) is 0. The van der Waals surface area contributed by atoms with Gasteiger partial charge in [0.2, 0.25) is 0 Å². The summed E-state index contributed by atoms with van der Waals surface area (Å²) < 4.78 is 0. The Balaban J connectivity index is 1.81. The third-order valence-corrected chi connectivity index (χ3v) is 3.99. The van der Waals surface area contributed by atoms with Crippen LogP contribution in [-0.4, -0.2) is 11.2 Å². The van der Waals surface area contributed by atoms with Gasteiger partial charge >= 0.3 is 0 Å². The first-order valence-corrected chi connectivity index (χ1v) is 7.43. The van der Waals surface area contributed by atoms with Gasteiger partial charge in [-0.05, 0) is 42.0 Å². The molecule has 0 radical (unpaired) electrons. The van der Waals surface area contributed by atoms with Crippen molar-refractivity contribution in [2.45, 2.75) is 25.9 Å². The van der Waals surface area contributed by atoms with E-state index < -0.39 is 6.10 Å². The standard InChI is InChI=1S/C20H20O/c1-15-7-9-17(10-8-15)14-19-12-11-18(20(19)21)13-16-5-3-2-4-6-16/h2-10,13-14,20-21H,11-12H2,1H3/b18-13-,19-14-. The molecule has 1 saturated carbocycles. The second-order valence-corrected chi connectivity index (χ2v) is 5.66. The Kier molecular flexibility index (Phi) is 4.03. The number of benzene rings is 2. The van der Waals surface area contributed by atoms with Gasteiger partial charge in [-0.1, -0.05) is 72.3 Å². The maximum Gasteiger partial charge on any atom is 0.0967 e. The number of aryl methyl sites for hydroxylation is 1. The van der Waals surface area contributed by atoms with E-state index in [0.717, 1.165) is 35.1 Å². The Hall–Kier alpha value is -2.12. The predicted molar refractivity (Wildman–Crippen MR) is 88.8 cm³/mol. The number of rotatable bonds is 2. The lowest BCUT2D eigenvalue weighted by Gasteiger charge is -2.07. The van der Waals surface area contributed by atoms with Crippen LogP contribution in [0.4, 0.5) is 0 Å². The fourth-order valence-corrected chi connectivity index (χ4v) is 2.74. The van der Waals surface area contributed by atoms with E-state index in [4.69, 9.17) is 0 Å². The molecule has 0 heterocycles. The van der Waals surface area contributed by atoms with E-state index in [1.165, 1.54) is 5.56 Å². The van der Waals surface area contributed by atoms with Crippen molar-refractivity contribution in [1.29, 1.82) is 0 Å². The molecule has 1 aliphatic rings. The lowest BCUT2D eigenvalue weighted by Crippen LogP contribution is -2.04. The van der Waals surface area contributed by atoms with Gasteiger partial charge in [0, 0.05) is 0 Å². The number of hydrogen-bond donors (Lipinski definition) is 1. The van der Waals surface area contributed by atoms with Gasteiger partial charge < -0.3 is 5.11 Å². The Morgan fingerprint density at radius 3 is 1.90 bits per heavy atom. The maximum absolute atomic E-state index is 10.5. The predicted octanol–water partition coefficient (Wildman–Crippen LogP) is 4.62. The van der Waals surface area contributed by atoms with Crippen molar-refractivity contribution in [2.24, 2.45) is 0 Å². The van der Waals surface area contributed by atoms with Crippen LogP contribution in [0.1, 0.15) is 29.5 Å². The lowest BCUT2D eigenvalue weighted by molar-refractivity contribution is 0.257. The number of aliphatic hydroxyl groups excluding tert-OH is 1. The molecule has 3 rings (SSSR count). The highest BCUT2D eigenvalue weighted by Crippen LogP contribution is 2.33. The fourth-order valence-electron chi connectivity index (χ4n) is 2.74. The molecular weight excluding hydrogens is 256 g/mol. The van der Waals surface area contributed by atoms with E-state index in [-0.39, 0.29) is 0 Å². The quantitative estimate of drug-likeness (QED) is 0.848. The average Bonchev–Trinajstić information content (AvgIpc) is 2.84. The van der Waals surface area contributed by atoms with Gasteiger partial charge in [-0.15, -0.1) is 0 Å². The summed E-state index contributed by atoms with van der Waals surface area (Å²) in [6.07, 6.45) is 5.67. The lowest BCUT2D eigenvalue weighted by atomic mass is 10.0. The summed E-state index contributed by atoms with van der Waals surface area (Å²) in [7, 11) is 0. The second-order valence-electron chi connectivity index (χ2n) is 5.66. The van der Waals surface area contributed by atoms with E-state index in [1.54, 1.807) is 0 Å². The van der Waals surface area contributed by atoms with Crippen LogP contribution >= 0.6 is 0 Å². The normalized spacial score (nSPS) is 22.1. The van der Waals surface area contributed by atoms with Crippen LogP contribution in [0.25, 0.3) is 12.2 Å². The molecule has 106 valence electrons. The van der Waals surface area contributed by atoms with E-state index in [1.807, 2.05) is 18.2 Å². The zero-order valence-corrected chi connectivity index (χ0v) is 12.3. The van der Waals surface area contributed by atoms with Crippen molar-refractivity contribution in [2.75, 3.05) is 0 Å². The minimum Gasteiger partial charge on any atom is -0.384 e. The van der Waals surface area contributed by atoms with Gasteiger partial charge in [-0.25, -0.2) is 0 Å². The summed E-state index contributed by atoms with van der Waals surface area (Å²) in [5, 5.41) is 10.5. The van der Waals surface area contributed by atoms with E-state index in [9.17, 15) is 5.11 Å². The molecule has 1 unspecified atom stereocenters. The summed E-state index contributed by atoms with van der Waals surface area (Å²) >= 11 is 0. The van der Waals surface area contributed by atoms with Crippen LogP contribution in [0.5, 0.6) is 0 Å². The second kappa shape index (κ2) is 6.11. The summed E-state index contributed by atoms with van der Waals surface area (Å²) in [5.41, 5.74) is 5.80. The Morgan fingerprint density at radius 2 is 1.33 bits per heavy atom. The van der Waals surface area contributed by atoms with Crippen molar-refractivity contribution in [1.82, 2.24) is 0 Å². The van der Waals surface area contributed by atoms with Crippen molar-refractivity contribution in [3.8, 4) is 0 Å². The Bertz CT molecular complexity index is 663. The SMILES string of the molecule is Cc1ccc(/C=C2/CC/C(=C/c3ccccc3)C2O)cc1. The third kappa shape index (κ3) is 3.32. The minimum atomic E-state index is -0.438. The fraction of sp³-hybridized carbons (Fsp3) is 0.200. The molecule has 21 heavy (non-hydrogen) atoms. The maximum atomic E-state index is 10.5. The van der Waals surface area contributed by atoms with Crippen LogP contribution in [0, 0.1) is 6.92 Å². The molecule has 0 aromatic heterocycles. The molecular formula is C20H20O. The topological polar surface area (TPSA) is 20.2 Å². The Labute approximate surface area is 126 Å².